The summed E-state index contributed by atoms with van der Waals surface area (Å²) < 4.78 is 5.75. The molecule has 0 bridgehead atoms. The normalized spacial score (nSPS) is 10.7. The lowest BCUT2D eigenvalue weighted by Gasteiger charge is -2.12. The summed E-state index contributed by atoms with van der Waals surface area (Å²) >= 11 is 0. The second-order valence-corrected chi connectivity index (χ2v) is 5.31. The van der Waals surface area contributed by atoms with Gasteiger partial charge in [0, 0.05) is 5.56 Å². The average Bonchev–Trinajstić information content (AvgIpc) is 2.57. The van der Waals surface area contributed by atoms with Crippen LogP contribution < -0.4 is 11.5 Å². The minimum absolute atomic E-state index is 0.105. The number of nitrogens with two attached hydrogens (primary N) is 2. The van der Waals surface area contributed by atoms with Crippen molar-refractivity contribution in [2.45, 2.75) is 13.2 Å². The quantitative estimate of drug-likeness (QED) is 0.666. The van der Waals surface area contributed by atoms with Gasteiger partial charge in [0.1, 0.15) is 11.6 Å². The Morgan fingerprint density at radius 1 is 0.875 bits per heavy atom. The highest BCUT2D eigenvalue weighted by Crippen LogP contribution is 2.30. The Bertz CT molecular complexity index is 820. The van der Waals surface area contributed by atoms with Gasteiger partial charge < -0.3 is 21.3 Å². The molecule has 6 nitrogen and oxygen atoms in total. The molecule has 0 saturated carbocycles. The van der Waals surface area contributed by atoms with E-state index in [-0.39, 0.29) is 24.1 Å². The highest BCUT2D eigenvalue weighted by atomic mass is 16.5. The first-order valence-corrected chi connectivity index (χ1v) is 7.46. The Labute approximate surface area is 139 Å². The van der Waals surface area contributed by atoms with Crippen LogP contribution in [0.15, 0.2) is 54.6 Å². The number of ether oxygens (including phenoxy) is 1. The van der Waals surface area contributed by atoms with E-state index in [1.165, 1.54) is 0 Å². The maximum atomic E-state index is 9.45. The smallest absolute Gasteiger partial charge is 0.222 e. The highest BCUT2D eigenvalue weighted by molar-refractivity contribution is 5.76. The maximum Gasteiger partial charge on any atom is 0.222 e. The number of nitrogens with zero attached hydrogens (tertiary/aromatic N) is 2. The first-order chi connectivity index (χ1) is 11.6. The molecule has 1 aromatic heterocycles. The highest BCUT2D eigenvalue weighted by Gasteiger charge is 2.14. The van der Waals surface area contributed by atoms with Crippen molar-refractivity contribution in [3.63, 3.8) is 0 Å². The summed E-state index contributed by atoms with van der Waals surface area (Å²) in [7, 11) is 0. The molecule has 3 aromatic rings. The van der Waals surface area contributed by atoms with E-state index < -0.39 is 0 Å². The lowest BCUT2D eigenvalue weighted by atomic mass is 10.0. The molecule has 0 saturated heterocycles. The standard InChI is InChI=1S/C18H18N4O2/c19-17-16(13-6-8-14(23)9-7-13)15(21-18(20)22-17)11-24-10-12-4-2-1-3-5-12/h1-9,23H,10-11H2,(H4,19,20,21,22). The molecule has 3 rings (SSSR count). The van der Waals surface area contributed by atoms with Gasteiger partial charge in [0.2, 0.25) is 5.95 Å². The second-order valence-electron chi connectivity index (χ2n) is 5.31. The molecule has 6 heteroatoms. The van der Waals surface area contributed by atoms with Crippen LogP contribution in [0.4, 0.5) is 11.8 Å². The number of aromatic nitrogens is 2. The van der Waals surface area contributed by atoms with Crippen LogP contribution in [0, 0.1) is 0 Å². The van der Waals surface area contributed by atoms with Crippen molar-refractivity contribution in [3.8, 4) is 16.9 Å². The van der Waals surface area contributed by atoms with Crippen molar-refractivity contribution in [2.24, 2.45) is 0 Å². The second kappa shape index (κ2) is 6.97. The predicted octanol–water partition coefficient (Wildman–Crippen LogP) is 2.73. The maximum absolute atomic E-state index is 9.45. The molecule has 1 heterocycles. The summed E-state index contributed by atoms with van der Waals surface area (Å²) in [5, 5.41) is 9.45. The van der Waals surface area contributed by atoms with E-state index in [4.69, 9.17) is 16.2 Å². The van der Waals surface area contributed by atoms with Crippen LogP contribution in [-0.4, -0.2) is 15.1 Å². The largest absolute Gasteiger partial charge is 0.508 e. The zero-order valence-corrected chi connectivity index (χ0v) is 13.0. The molecule has 0 spiro atoms. The molecule has 0 aliphatic rings. The lowest BCUT2D eigenvalue weighted by molar-refractivity contribution is 0.105. The summed E-state index contributed by atoms with van der Waals surface area (Å²) in [6, 6.07) is 16.5. The van der Waals surface area contributed by atoms with Crippen molar-refractivity contribution in [1.29, 1.82) is 0 Å². The van der Waals surface area contributed by atoms with Gasteiger partial charge in [0.05, 0.1) is 18.9 Å². The first-order valence-electron chi connectivity index (χ1n) is 7.46. The SMILES string of the molecule is Nc1nc(N)c(-c2ccc(O)cc2)c(COCc2ccccc2)n1. The number of aromatic hydroxyl groups is 1. The van der Waals surface area contributed by atoms with Gasteiger partial charge in [-0.2, -0.15) is 4.98 Å². The fraction of sp³-hybridized carbons (Fsp3) is 0.111. The molecular weight excluding hydrogens is 304 g/mol. The summed E-state index contributed by atoms with van der Waals surface area (Å²) in [6.45, 7) is 0.710. The number of hydrogen-bond donors (Lipinski definition) is 3. The fourth-order valence-corrected chi connectivity index (χ4v) is 2.43. The van der Waals surface area contributed by atoms with Gasteiger partial charge in [-0.25, -0.2) is 4.98 Å². The minimum Gasteiger partial charge on any atom is -0.508 e. The number of phenols is 1. The van der Waals surface area contributed by atoms with Crippen LogP contribution in [0.3, 0.4) is 0 Å². The minimum atomic E-state index is 0.105. The third kappa shape index (κ3) is 3.61. The van der Waals surface area contributed by atoms with Gasteiger partial charge in [0.25, 0.3) is 0 Å². The Morgan fingerprint density at radius 2 is 1.58 bits per heavy atom. The van der Waals surface area contributed by atoms with Gasteiger partial charge in [-0.05, 0) is 23.3 Å². The van der Waals surface area contributed by atoms with E-state index in [0.717, 1.165) is 11.1 Å². The van der Waals surface area contributed by atoms with E-state index in [0.29, 0.717) is 17.9 Å². The fourth-order valence-electron chi connectivity index (χ4n) is 2.43. The van der Waals surface area contributed by atoms with Gasteiger partial charge >= 0.3 is 0 Å². The molecule has 0 fully saturated rings. The monoisotopic (exact) mass is 322 g/mol. The molecule has 5 N–H and O–H groups in total. The first kappa shape index (κ1) is 15.8. The van der Waals surface area contributed by atoms with Crippen LogP contribution in [0.2, 0.25) is 0 Å². The summed E-state index contributed by atoms with van der Waals surface area (Å²) in [6.07, 6.45) is 0. The average molecular weight is 322 g/mol. The number of phenolic OH excluding ortho intramolecular Hbond substituents is 1. The molecular formula is C18H18N4O2. The summed E-state index contributed by atoms with van der Waals surface area (Å²) in [4.78, 5) is 8.29. The molecule has 122 valence electrons. The van der Waals surface area contributed by atoms with Crippen molar-refractivity contribution < 1.29 is 9.84 Å². The van der Waals surface area contributed by atoms with E-state index in [2.05, 4.69) is 9.97 Å². The van der Waals surface area contributed by atoms with Crippen LogP contribution in [0.5, 0.6) is 5.75 Å². The molecule has 0 aliphatic carbocycles. The molecule has 0 atom stereocenters. The molecule has 0 amide bonds. The van der Waals surface area contributed by atoms with E-state index in [1.807, 2.05) is 30.3 Å². The van der Waals surface area contributed by atoms with Crippen LogP contribution in [0.1, 0.15) is 11.3 Å². The third-order valence-electron chi connectivity index (χ3n) is 3.54. The number of benzene rings is 2. The Balaban J connectivity index is 1.85. The summed E-state index contributed by atoms with van der Waals surface area (Å²) in [5.41, 5.74) is 14.9. The van der Waals surface area contributed by atoms with Crippen molar-refractivity contribution in [2.75, 3.05) is 11.5 Å². The van der Waals surface area contributed by atoms with Crippen molar-refractivity contribution in [3.05, 3.63) is 65.9 Å². The zero-order chi connectivity index (χ0) is 16.9. The van der Waals surface area contributed by atoms with Crippen molar-refractivity contribution >= 4 is 11.8 Å². The van der Waals surface area contributed by atoms with E-state index >= 15 is 0 Å². The molecule has 0 aliphatic heterocycles. The van der Waals surface area contributed by atoms with Crippen molar-refractivity contribution in [1.82, 2.24) is 9.97 Å². The Hall–Kier alpha value is -3.12. The topological polar surface area (TPSA) is 107 Å². The van der Waals surface area contributed by atoms with Crippen LogP contribution in [0.25, 0.3) is 11.1 Å². The van der Waals surface area contributed by atoms with E-state index in [9.17, 15) is 5.11 Å². The van der Waals surface area contributed by atoms with Crippen LogP contribution in [-0.2, 0) is 18.0 Å². The molecule has 2 aromatic carbocycles. The van der Waals surface area contributed by atoms with E-state index in [1.54, 1.807) is 24.3 Å². The molecule has 0 radical (unpaired) electrons. The molecule has 0 unspecified atom stereocenters. The summed E-state index contributed by atoms with van der Waals surface area (Å²) in [5.74, 6) is 0.565. The van der Waals surface area contributed by atoms with Gasteiger partial charge in [0.15, 0.2) is 0 Å². The zero-order valence-electron chi connectivity index (χ0n) is 13.0. The number of anilines is 2. The third-order valence-corrected chi connectivity index (χ3v) is 3.54. The molecule has 24 heavy (non-hydrogen) atoms. The predicted molar refractivity (Wildman–Crippen MR) is 92.9 cm³/mol. The Morgan fingerprint density at radius 3 is 2.29 bits per heavy atom. The van der Waals surface area contributed by atoms with Gasteiger partial charge in [-0.3, -0.25) is 0 Å². The Kier molecular flexibility index (Phi) is 4.58. The number of nitrogen functional groups attached to an aromatic ring is 2. The lowest BCUT2D eigenvalue weighted by Crippen LogP contribution is -2.08. The number of rotatable bonds is 5. The van der Waals surface area contributed by atoms with Gasteiger partial charge in [-0.1, -0.05) is 42.5 Å². The number of hydrogen-bond acceptors (Lipinski definition) is 6. The van der Waals surface area contributed by atoms with Crippen LogP contribution >= 0.6 is 0 Å². The van der Waals surface area contributed by atoms with Gasteiger partial charge in [-0.15, -0.1) is 0 Å².